The molecular formula is C13H27NOS. The molecule has 0 aromatic heterocycles. The molecule has 0 bridgehead atoms. The lowest BCUT2D eigenvalue weighted by molar-refractivity contribution is 0.221. The van der Waals surface area contributed by atoms with Crippen LogP contribution in [-0.4, -0.2) is 35.8 Å². The lowest BCUT2D eigenvalue weighted by atomic mass is 9.82. The van der Waals surface area contributed by atoms with E-state index >= 15 is 0 Å². The third-order valence-electron chi connectivity index (χ3n) is 3.69. The maximum atomic E-state index is 8.94. The Labute approximate surface area is 105 Å². The van der Waals surface area contributed by atoms with E-state index in [1.54, 1.807) is 0 Å². The maximum absolute atomic E-state index is 8.94. The van der Waals surface area contributed by atoms with Gasteiger partial charge in [0.2, 0.25) is 0 Å². The SMILES string of the molecule is CC(CO)CCCNC1CSCCC1(C)C. The summed E-state index contributed by atoms with van der Waals surface area (Å²) in [4.78, 5) is 0. The van der Waals surface area contributed by atoms with Crippen LogP contribution in [0.5, 0.6) is 0 Å². The monoisotopic (exact) mass is 245 g/mol. The normalized spacial score (nSPS) is 26.6. The highest BCUT2D eigenvalue weighted by Crippen LogP contribution is 2.34. The van der Waals surface area contributed by atoms with Crippen LogP contribution in [0, 0.1) is 11.3 Å². The fraction of sp³-hybridized carbons (Fsp3) is 1.00. The molecule has 1 heterocycles. The van der Waals surface area contributed by atoms with E-state index < -0.39 is 0 Å². The highest BCUT2D eigenvalue weighted by Gasteiger charge is 2.31. The van der Waals surface area contributed by atoms with Crippen molar-refractivity contribution in [1.82, 2.24) is 5.32 Å². The second kappa shape index (κ2) is 6.87. The molecule has 2 unspecified atom stereocenters. The molecule has 1 aliphatic heterocycles. The average molecular weight is 245 g/mol. The molecule has 2 nitrogen and oxygen atoms in total. The van der Waals surface area contributed by atoms with E-state index in [0.29, 0.717) is 24.0 Å². The molecule has 96 valence electrons. The molecule has 1 aliphatic rings. The lowest BCUT2D eigenvalue weighted by Crippen LogP contribution is -2.46. The van der Waals surface area contributed by atoms with Gasteiger partial charge in [-0.1, -0.05) is 20.8 Å². The summed E-state index contributed by atoms with van der Waals surface area (Å²) in [5.74, 6) is 3.02. The number of rotatable bonds is 6. The summed E-state index contributed by atoms with van der Waals surface area (Å²) in [5.41, 5.74) is 0.452. The van der Waals surface area contributed by atoms with Gasteiger partial charge in [0, 0.05) is 18.4 Å². The van der Waals surface area contributed by atoms with E-state index in [2.05, 4.69) is 37.8 Å². The van der Waals surface area contributed by atoms with E-state index in [1.807, 2.05) is 0 Å². The Morgan fingerprint density at radius 2 is 2.25 bits per heavy atom. The van der Waals surface area contributed by atoms with Crippen LogP contribution in [0.15, 0.2) is 0 Å². The molecule has 0 spiro atoms. The first-order valence-corrected chi connectivity index (χ1v) is 7.63. The van der Waals surface area contributed by atoms with Crippen LogP contribution in [0.2, 0.25) is 0 Å². The minimum absolute atomic E-state index is 0.324. The average Bonchev–Trinajstić information content (AvgIpc) is 2.25. The van der Waals surface area contributed by atoms with Crippen LogP contribution in [0.3, 0.4) is 0 Å². The third-order valence-corrected chi connectivity index (χ3v) is 4.76. The Morgan fingerprint density at radius 1 is 1.50 bits per heavy atom. The largest absolute Gasteiger partial charge is 0.396 e. The first kappa shape index (κ1) is 14.3. The molecule has 0 amide bonds. The summed E-state index contributed by atoms with van der Waals surface area (Å²) in [6.45, 7) is 8.28. The minimum atomic E-state index is 0.324. The van der Waals surface area contributed by atoms with E-state index in [1.165, 1.54) is 24.3 Å². The fourth-order valence-electron chi connectivity index (χ4n) is 2.09. The first-order valence-electron chi connectivity index (χ1n) is 6.48. The predicted octanol–water partition coefficient (Wildman–Crippen LogP) is 2.52. The number of aliphatic hydroxyl groups is 1. The molecule has 1 fully saturated rings. The van der Waals surface area contributed by atoms with Gasteiger partial charge in [0.25, 0.3) is 0 Å². The van der Waals surface area contributed by atoms with Gasteiger partial charge in [-0.25, -0.2) is 0 Å². The Hall–Kier alpha value is 0.270. The number of hydrogen-bond acceptors (Lipinski definition) is 3. The Bertz CT molecular complexity index is 196. The van der Waals surface area contributed by atoms with Crippen LogP contribution in [0.1, 0.15) is 40.0 Å². The van der Waals surface area contributed by atoms with Crippen molar-refractivity contribution >= 4 is 11.8 Å². The summed E-state index contributed by atoms with van der Waals surface area (Å²) >= 11 is 2.07. The lowest BCUT2D eigenvalue weighted by Gasteiger charge is -2.39. The van der Waals surface area contributed by atoms with Gasteiger partial charge >= 0.3 is 0 Å². The number of hydrogen-bond donors (Lipinski definition) is 2. The topological polar surface area (TPSA) is 32.3 Å². The summed E-state index contributed by atoms with van der Waals surface area (Å²) in [7, 11) is 0. The molecule has 0 radical (unpaired) electrons. The van der Waals surface area contributed by atoms with Crippen LogP contribution < -0.4 is 5.32 Å². The van der Waals surface area contributed by atoms with Gasteiger partial charge in [-0.2, -0.15) is 11.8 Å². The van der Waals surface area contributed by atoms with Gasteiger partial charge in [0.1, 0.15) is 0 Å². The molecule has 3 heteroatoms. The highest BCUT2D eigenvalue weighted by molar-refractivity contribution is 7.99. The summed E-state index contributed by atoms with van der Waals surface area (Å²) in [5, 5.41) is 12.6. The zero-order chi connectivity index (χ0) is 12.0. The van der Waals surface area contributed by atoms with E-state index in [4.69, 9.17) is 5.11 Å². The molecule has 2 atom stereocenters. The van der Waals surface area contributed by atoms with Gasteiger partial charge in [-0.05, 0) is 42.9 Å². The molecule has 0 aromatic rings. The number of aliphatic hydroxyl groups excluding tert-OH is 1. The minimum Gasteiger partial charge on any atom is -0.396 e. The van der Waals surface area contributed by atoms with Gasteiger partial charge < -0.3 is 10.4 Å². The van der Waals surface area contributed by atoms with Crippen molar-refractivity contribution in [3.8, 4) is 0 Å². The zero-order valence-electron chi connectivity index (χ0n) is 11.0. The quantitative estimate of drug-likeness (QED) is 0.705. The van der Waals surface area contributed by atoms with Crippen molar-refractivity contribution in [1.29, 1.82) is 0 Å². The second-order valence-corrected chi connectivity index (χ2v) is 6.90. The van der Waals surface area contributed by atoms with Gasteiger partial charge in [-0.3, -0.25) is 0 Å². The molecule has 1 rings (SSSR count). The Kier molecular flexibility index (Phi) is 6.16. The Balaban J connectivity index is 2.16. The van der Waals surface area contributed by atoms with E-state index in [-0.39, 0.29) is 0 Å². The second-order valence-electron chi connectivity index (χ2n) is 5.75. The van der Waals surface area contributed by atoms with E-state index in [0.717, 1.165) is 13.0 Å². The summed E-state index contributed by atoms with van der Waals surface area (Å²) < 4.78 is 0. The van der Waals surface area contributed by atoms with Crippen LogP contribution in [-0.2, 0) is 0 Å². The van der Waals surface area contributed by atoms with Crippen molar-refractivity contribution in [2.24, 2.45) is 11.3 Å². The first-order chi connectivity index (χ1) is 7.56. The van der Waals surface area contributed by atoms with E-state index in [9.17, 15) is 0 Å². The highest BCUT2D eigenvalue weighted by atomic mass is 32.2. The molecule has 2 N–H and O–H groups in total. The smallest absolute Gasteiger partial charge is 0.0456 e. The summed E-state index contributed by atoms with van der Waals surface area (Å²) in [6.07, 6.45) is 3.63. The Morgan fingerprint density at radius 3 is 2.88 bits per heavy atom. The summed E-state index contributed by atoms with van der Waals surface area (Å²) in [6, 6.07) is 0.663. The van der Waals surface area contributed by atoms with Crippen LogP contribution in [0.25, 0.3) is 0 Å². The molecule has 1 saturated heterocycles. The molecular weight excluding hydrogens is 218 g/mol. The standard InChI is InChI=1S/C13H27NOS/c1-11(9-15)5-4-7-14-12-10-16-8-6-13(12,2)3/h11-12,14-15H,4-10H2,1-3H3. The fourth-order valence-corrected chi connectivity index (χ4v) is 3.73. The number of thioether (sulfide) groups is 1. The van der Waals surface area contributed by atoms with Crippen molar-refractivity contribution in [2.45, 2.75) is 46.1 Å². The zero-order valence-corrected chi connectivity index (χ0v) is 11.8. The van der Waals surface area contributed by atoms with Crippen molar-refractivity contribution < 1.29 is 5.11 Å². The van der Waals surface area contributed by atoms with Crippen LogP contribution >= 0.6 is 11.8 Å². The predicted molar refractivity (Wildman–Crippen MR) is 73.0 cm³/mol. The van der Waals surface area contributed by atoms with Gasteiger partial charge in [0.05, 0.1) is 0 Å². The third kappa shape index (κ3) is 4.64. The van der Waals surface area contributed by atoms with Crippen molar-refractivity contribution in [3.05, 3.63) is 0 Å². The van der Waals surface area contributed by atoms with Crippen molar-refractivity contribution in [3.63, 3.8) is 0 Å². The molecule has 0 aliphatic carbocycles. The maximum Gasteiger partial charge on any atom is 0.0456 e. The van der Waals surface area contributed by atoms with Gasteiger partial charge in [-0.15, -0.1) is 0 Å². The van der Waals surface area contributed by atoms with Crippen molar-refractivity contribution in [2.75, 3.05) is 24.7 Å². The molecule has 16 heavy (non-hydrogen) atoms. The molecule has 0 saturated carbocycles. The molecule has 0 aromatic carbocycles. The van der Waals surface area contributed by atoms with Crippen LogP contribution in [0.4, 0.5) is 0 Å². The van der Waals surface area contributed by atoms with Gasteiger partial charge in [0.15, 0.2) is 0 Å². The number of nitrogens with one attached hydrogen (secondary N) is 1.